The Hall–Kier alpha value is -2.90. The van der Waals surface area contributed by atoms with Gasteiger partial charge in [-0.05, 0) is 43.2 Å². The van der Waals surface area contributed by atoms with Crippen LogP contribution in [-0.4, -0.2) is 26.2 Å². The summed E-state index contributed by atoms with van der Waals surface area (Å²) in [5.41, 5.74) is 1.87. The highest BCUT2D eigenvalue weighted by atomic mass is 16.3. The predicted octanol–water partition coefficient (Wildman–Crippen LogP) is 2.62. The second-order valence-electron chi connectivity index (χ2n) is 6.41. The summed E-state index contributed by atoms with van der Waals surface area (Å²) in [6.07, 6.45) is 2.18. The Bertz CT molecular complexity index is 911. The lowest BCUT2D eigenvalue weighted by Crippen LogP contribution is -2.37. The molecule has 0 aliphatic heterocycles. The van der Waals surface area contributed by atoms with Crippen molar-refractivity contribution in [3.8, 4) is 0 Å². The van der Waals surface area contributed by atoms with Gasteiger partial charge in [0.25, 0.3) is 0 Å². The highest BCUT2D eigenvalue weighted by Crippen LogP contribution is 2.34. The van der Waals surface area contributed by atoms with Gasteiger partial charge in [0.15, 0.2) is 5.82 Å². The summed E-state index contributed by atoms with van der Waals surface area (Å²) in [6, 6.07) is 7.71. The first-order valence-electron chi connectivity index (χ1n) is 8.42. The molecule has 4 rings (SSSR count). The van der Waals surface area contributed by atoms with Crippen molar-refractivity contribution in [1.29, 1.82) is 0 Å². The van der Waals surface area contributed by atoms with Crippen LogP contribution in [0, 0.1) is 6.92 Å². The number of carbonyl (C=O) groups excluding carboxylic acids is 1. The second kappa shape index (κ2) is 6.19. The van der Waals surface area contributed by atoms with E-state index >= 15 is 0 Å². The first-order chi connectivity index (χ1) is 12.1. The first-order valence-corrected chi connectivity index (χ1v) is 8.42. The monoisotopic (exact) mass is 340 g/mol. The zero-order chi connectivity index (χ0) is 17.4. The minimum absolute atomic E-state index is 0.244. The summed E-state index contributed by atoms with van der Waals surface area (Å²) in [7, 11) is 0. The fourth-order valence-electron chi connectivity index (χ4n) is 3.01. The van der Waals surface area contributed by atoms with Crippen LogP contribution in [0.25, 0.3) is 11.0 Å². The van der Waals surface area contributed by atoms with Crippen molar-refractivity contribution in [3.63, 3.8) is 0 Å². The number of hydrogen-bond acceptors (Lipinski definition) is 5. The molecule has 130 valence electrons. The minimum Gasteiger partial charge on any atom is -0.459 e. The number of nitrogens with zero attached hydrogens (tertiary/aromatic N) is 4. The van der Waals surface area contributed by atoms with Gasteiger partial charge in [0.1, 0.15) is 11.3 Å². The molecule has 0 spiro atoms. The fourth-order valence-corrected chi connectivity index (χ4v) is 3.01. The van der Waals surface area contributed by atoms with E-state index in [2.05, 4.69) is 26.2 Å². The van der Waals surface area contributed by atoms with Gasteiger partial charge in [-0.25, -0.2) is 9.48 Å². The van der Waals surface area contributed by atoms with Gasteiger partial charge in [0.2, 0.25) is 0 Å². The van der Waals surface area contributed by atoms with Crippen LogP contribution in [0.3, 0.4) is 0 Å². The molecule has 0 radical (unpaired) electrons. The van der Waals surface area contributed by atoms with Gasteiger partial charge in [0.05, 0.1) is 18.6 Å². The van der Waals surface area contributed by atoms with Crippen molar-refractivity contribution >= 4 is 17.0 Å². The molecule has 1 aliphatic rings. The van der Waals surface area contributed by atoms with Crippen molar-refractivity contribution in [2.75, 3.05) is 0 Å². The van der Waals surface area contributed by atoms with E-state index in [1.807, 2.05) is 38.1 Å². The number of carbonyl (C=O) groups is 1. The molecule has 2 aromatic heterocycles. The van der Waals surface area contributed by atoms with Crippen LogP contribution in [-0.2, 0) is 6.54 Å². The lowest BCUT2D eigenvalue weighted by atomic mass is 10.1. The molecule has 25 heavy (non-hydrogen) atoms. The number of amides is 2. The molecule has 1 aromatic carbocycles. The molecule has 2 amide bonds. The highest BCUT2D eigenvalue weighted by molar-refractivity contribution is 5.82. The Labute approximate surface area is 144 Å². The number of para-hydroxylation sites is 1. The Morgan fingerprint density at radius 1 is 1.40 bits per heavy atom. The van der Waals surface area contributed by atoms with Crippen molar-refractivity contribution in [2.45, 2.75) is 45.3 Å². The number of rotatable bonds is 5. The molecule has 3 aromatic rings. The van der Waals surface area contributed by atoms with Gasteiger partial charge in [-0.2, -0.15) is 0 Å². The Morgan fingerprint density at radius 2 is 2.20 bits per heavy atom. The first kappa shape index (κ1) is 15.6. The molecule has 2 N–H and O–H groups in total. The second-order valence-corrected chi connectivity index (χ2v) is 6.41. The molecular weight excluding hydrogens is 320 g/mol. The maximum absolute atomic E-state index is 12.2. The number of benzene rings is 1. The minimum atomic E-state index is -0.280. The maximum atomic E-state index is 12.2. The van der Waals surface area contributed by atoms with Crippen LogP contribution >= 0.6 is 0 Å². The third-order valence-corrected chi connectivity index (χ3v) is 4.48. The van der Waals surface area contributed by atoms with E-state index in [0.717, 1.165) is 35.1 Å². The summed E-state index contributed by atoms with van der Waals surface area (Å²) < 4.78 is 7.68. The third kappa shape index (κ3) is 3.07. The van der Waals surface area contributed by atoms with Crippen molar-refractivity contribution in [1.82, 2.24) is 30.8 Å². The van der Waals surface area contributed by atoms with Crippen LogP contribution in [0.1, 0.15) is 49.0 Å². The van der Waals surface area contributed by atoms with E-state index < -0.39 is 0 Å². The quantitative estimate of drug-likeness (QED) is 0.744. The zero-order valence-electron chi connectivity index (χ0n) is 14.2. The number of hydrogen-bond donors (Lipinski definition) is 2. The fraction of sp³-hybridized carbons (Fsp3) is 0.412. The van der Waals surface area contributed by atoms with Crippen molar-refractivity contribution in [2.24, 2.45) is 0 Å². The zero-order valence-corrected chi connectivity index (χ0v) is 14.2. The van der Waals surface area contributed by atoms with E-state index in [1.54, 1.807) is 4.68 Å². The van der Waals surface area contributed by atoms with Gasteiger partial charge in [0, 0.05) is 10.9 Å². The number of fused-ring (bicyclic) bond motifs is 1. The summed E-state index contributed by atoms with van der Waals surface area (Å²) in [6.45, 7) is 4.20. The molecule has 1 aliphatic carbocycles. The standard InChI is InChI=1S/C17H20N6O2/c1-10-13-5-3-4-6-14(13)25-16(10)11(2)19-17(24)18-9-15-20-21-22-23(15)12-7-8-12/h3-6,11-12H,7-9H2,1-2H3,(H2,18,19,24)/t11-/m1/s1. The Balaban J connectivity index is 1.39. The Morgan fingerprint density at radius 3 is 2.96 bits per heavy atom. The molecule has 1 atom stereocenters. The molecule has 0 saturated heterocycles. The number of tetrazole rings is 1. The smallest absolute Gasteiger partial charge is 0.315 e. The third-order valence-electron chi connectivity index (χ3n) is 4.48. The number of urea groups is 1. The van der Waals surface area contributed by atoms with E-state index in [-0.39, 0.29) is 12.1 Å². The van der Waals surface area contributed by atoms with Gasteiger partial charge < -0.3 is 15.1 Å². The van der Waals surface area contributed by atoms with E-state index in [4.69, 9.17) is 4.42 Å². The van der Waals surface area contributed by atoms with Crippen LogP contribution < -0.4 is 10.6 Å². The van der Waals surface area contributed by atoms with Crippen LogP contribution in [0.4, 0.5) is 4.79 Å². The molecule has 2 heterocycles. The number of aromatic nitrogens is 4. The molecule has 1 fully saturated rings. The van der Waals surface area contributed by atoms with E-state index in [9.17, 15) is 4.79 Å². The summed E-state index contributed by atoms with van der Waals surface area (Å²) in [5.74, 6) is 1.43. The highest BCUT2D eigenvalue weighted by Gasteiger charge is 2.27. The van der Waals surface area contributed by atoms with Crippen LogP contribution in [0.5, 0.6) is 0 Å². The number of nitrogens with one attached hydrogen (secondary N) is 2. The summed E-state index contributed by atoms with van der Waals surface area (Å²) in [4.78, 5) is 12.2. The van der Waals surface area contributed by atoms with Crippen molar-refractivity contribution < 1.29 is 9.21 Å². The SMILES string of the molecule is Cc1c([C@@H](C)NC(=O)NCc2nnnn2C2CC2)oc2ccccc12. The summed E-state index contributed by atoms with van der Waals surface area (Å²) in [5, 5.41) is 18.4. The van der Waals surface area contributed by atoms with Gasteiger partial charge >= 0.3 is 6.03 Å². The average Bonchev–Trinajstić information content (AvgIpc) is 3.25. The van der Waals surface area contributed by atoms with Crippen LogP contribution in [0.15, 0.2) is 28.7 Å². The lowest BCUT2D eigenvalue weighted by molar-refractivity contribution is 0.235. The molecule has 0 bridgehead atoms. The Kier molecular flexibility index (Phi) is 3.87. The lowest BCUT2D eigenvalue weighted by Gasteiger charge is -2.13. The van der Waals surface area contributed by atoms with E-state index in [1.165, 1.54) is 0 Å². The van der Waals surface area contributed by atoms with Gasteiger partial charge in [-0.3, -0.25) is 0 Å². The van der Waals surface area contributed by atoms with Gasteiger partial charge in [-0.1, -0.05) is 18.2 Å². The maximum Gasteiger partial charge on any atom is 0.315 e. The van der Waals surface area contributed by atoms with Crippen LogP contribution in [0.2, 0.25) is 0 Å². The number of aryl methyl sites for hydroxylation is 1. The molecule has 1 saturated carbocycles. The molecule has 0 unspecified atom stereocenters. The largest absolute Gasteiger partial charge is 0.459 e. The normalized spacial score (nSPS) is 15.3. The van der Waals surface area contributed by atoms with E-state index in [0.29, 0.717) is 18.4 Å². The van der Waals surface area contributed by atoms with Crippen molar-refractivity contribution in [3.05, 3.63) is 41.4 Å². The molecule has 8 heteroatoms. The molecule has 8 nitrogen and oxygen atoms in total. The summed E-state index contributed by atoms with van der Waals surface area (Å²) >= 11 is 0. The number of furan rings is 1. The molecular formula is C17H20N6O2. The predicted molar refractivity (Wildman–Crippen MR) is 90.8 cm³/mol. The topological polar surface area (TPSA) is 97.9 Å². The average molecular weight is 340 g/mol. The van der Waals surface area contributed by atoms with Gasteiger partial charge in [-0.15, -0.1) is 5.10 Å².